The van der Waals surface area contributed by atoms with Gasteiger partial charge in [-0.2, -0.15) is 4.80 Å². The van der Waals surface area contributed by atoms with Crippen LogP contribution >= 0.6 is 11.6 Å². The van der Waals surface area contributed by atoms with Crippen molar-refractivity contribution in [2.24, 2.45) is 5.73 Å². The molecule has 0 aliphatic heterocycles. The quantitative estimate of drug-likeness (QED) is 0.712. The minimum absolute atomic E-state index is 0.0989. The molecule has 26 heavy (non-hydrogen) atoms. The predicted molar refractivity (Wildman–Crippen MR) is 96.6 cm³/mol. The summed E-state index contributed by atoms with van der Waals surface area (Å²) in [6.45, 7) is 1.77. The molecule has 1 aromatic heterocycles. The molecule has 0 saturated heterocycles. The van der Waals surface area contributed by atoms with Gasteiger partial charge in [-0.3, -0.25) is 9.59 Å². The number of aromatic nitrogens is 4. The number of benzene rings is 2. The number of amides is 2. The normalized spacial score (nSPS) is 10.5. The predicted octanol–water partition coefficient (Wildman–Crippen LogP) is 2.04. The van der Waals surface area contributed by atoms with E-state index in [9.17, 15) is 9.59 Å². The van der Waals surface area contributed by atoms with Crippen molar-refractivity contribution in [3.63, 3.8) is 0 Å². The van der Waals surface area contributed by atoms with Gasteiger partial charge in [0.05, 0.1) is 0 Å². The number of tetrazole rings is 1. The Balaban J connectivity index is 1.69. The number of hydrogen-bond acceptors (Lipinski definition) is 5. The van der Waals surface area contributed by atoms with Gasteiger partial charge in [-0.05, 0) is 42.0 Å². The first-order valence-corrected chi connectivity index (χ1v) is 8.04. The highest BCUT2D eigenvalue weighted by atomic mass is 35.5. The fourth-order valence-corrected chi connectivity index (χ4v) is 2.43. The highest BCUT2D eigenvalue weighted by Crippen LogP contribution is 2.20. The van der Waals surface area contributed by atoms with E-state index in [1.54, 1.807) is 36.4 Å². The number of aryl methyl sites for hydroxylation is 1. The Hall–Kier alpha value is -3.26. The Bertz CT molecular complexity index is 968. The fourth-order valence-electron chi connectivity index (χ4n) is 2.26. The number of hydrogen-bond donors (Lipinski definition) is 2. The maximum Gasteiger partial charge on any atom is 0.248 e. The lowest BCUT2D eigenvalue weighted by Crippen LogP contribution is -2.21. The van der Waals surface area contributed by atoms with E-state index in [2.05, 4.69) is 20.7 Å². The van der Waals surface area contributed by atoms with Gasteiger partial charge in [0.1, 0.15) is 6.54 Å². The summed E-state index contributed by atoms with van der Waals surface area (Å²) in [5.41, 5.74) is 7.77. The zero-order valence-corrected chi connectivity index (χ0v) is 14.6. The second-order valence-electron chi connectivity index (χ2n) is 5.59. The van der Waals surface area contributed by atoms with Crippen molar-refractivity contribution in [1.82, 2.24) is 20.2 Å². The molecule has 1 heterocycles. The molecule has 3 aromatic rings. The number of carbonyl (C=O) groups excluding carboxylic acids is 2. The van der Waals surface area contributed by atoms with Crippen molar-refractivity contribution in [2.75, 3.05) is 5.32 Å². The molecular formula is C17H15ClN6O2. The third kappa shape index (κ3) is 4.04. The van der Waals surface area contributed by atoms with Gasteiger partial charge in [-0.1, -0.05) is 29.8 Å². The van der Waals surface area contributed by atoms with Crippen LogP contribution in [0.4, 0.5) is 5.69 Å². The summed E-state index contributed by atoms with van der Waals surface area (Å²) in [5.74, 6) is -0.475. The zero-order chi connectivity index (χ0) is 18.7. The molecule has 2 aromatic carbocycles. The smallest absolute Gasteiger partial charge is 0.248 e. The number of primary amides is 1. The lowest BCUT2D eigenvalue weighted by atomic mass is 10.1. The number of nitrogens with one attached hydrogen (secondary N) is 1. The van der Waals surface area contributed by atoms with Gasteiger partial charge >= 0.3 is 0 Å². The summed E-state index contributed by atoms with van der Waals surface area (Å²) in [6.07, 6.45) is 0. The van der Waals surface area contributed by atoms with Crippen molar-refractivity contribution < 1.29 is 9.59 Å². The first-order valence-electron chi connectivity index (χ1n) is 7.66. The van der Waals surface area contributed by atoms with Crippen molar-refractivity contribution >= 4 is 29.1 Å². The van der Waals surface area contributed by atoms with E-state index in [0.29, 0.717) is 27.7 Å². The van der Waals surface area contributed by atoms with Crippen LogP contribution in [0.5, 0.6) is 0 Å². The second-order valence-corrected chi connectivity index (χ2v) is 6.03. The topological polar surface area (TPSA) is 116 Å². The fraction of sp³-hybridized carbons (Fsp3) is 0.118. The van der Waals surface area contributed by atoms with Crippen molar-refractivity contribution in [2.45, 2.75) is 13.5 Å². The molecule has 9 heteroatoms. The van der Waals surface area contributed by atoms with Gasteiger partial charge < -0.3 is 11.1 Å². The van der Waals surface area contributed by atoms with Gasteiger partial charge in [0.15, 0.2) is 0 Å². The van der Waals surface area contributed by atoms with E-state index in [4.69, 9.17) is 17.3 Å². The van der Waals surface area contributed by atoms with Crippen LogP contribution in [0.2, 0.25) is 5.02 Å². The Kier molecular flexibility index (Phi) is 4.94. The van der Waals surface area contributed by atoms with Crippen LogP contribution in [0.1, 0.15) is 15.9 Å². The average molecular weight is 371 g/mol. The first kappa shape index (κ1) is 17.6. The summed E-state index contributed by atoms with van der Waals surface area (Å²) in [4.78, 5) is 24.5. The van der Waals surface area contributed by atoms with Gasteiger partial charge in [-0.25, -0.2) is 0 Å². The van der Waals surface area contributed by atoms with Gasteiger partial charge in [0.2, 0.25) is 17.6 Å². The van der Waals surface area contributed by atoms with Crippen LogP contribution in [0.3, 0.4) is 0 Å². The molecule has 0 aliphatic rings. The molecule has 132 valence electrons. The molecule has 0 bridgehead atoms. The van der Waals surface area contributed by atoms with E-state index in [0.717, 1.165) is 5.56 Å². The number of nitrogens with two attached hydrogens (primary N) is 1. The highest BCUT2D eigenvalue weighted by molar-refractivity contribution is 6.31. The van der Waals surface area contributed by atoms with Crippen LogP contribution in [0, 0.1) is 6.92 Å². The largest absolute Gasteiger partial charge is 0.366 e. The summed E-state index contributed by atoms with van der Waals surface area (Å²) in [7, 11) is 0. The SMILES string of the molecule is Cc1ccc(Cl)cc1NC(=O)Cn1nnc(-c2ccc(C(N)=O)cc2)n1. The third-order valence-electron chi connectivity index (χ3n) is 3.64. The molecule has 0 unspecified atom stereocenters. The molecule has 2 amide bonds. The van der Waals surface area contributed by atoms with E-state index in [-0.39, 0.29) is 12.5 Å². The minimum atomic E-state index is -0.513. The van der Waals surface area contributed by atoms with Crippen LogP contribution < -0.4 is 11.1 Å². The molecule has 0 saturated carbocycles. The Labute approximate surface area is 154 Å². The highest BCUT2D eigenvalue weighted by Gasteiger charge is 2.11. The summed E-state index contributed by atoms with van der Waals surface area (Å²) in [5, 5.41) is 15.3. The number of rotatable bonds is 5. The van der Waals surface area contributed by atoms with Crippen molar-refractivity contribution in [3.8, 4) is 11.4 Å². The number of nitrogens with zero attached hydrogens (tertiary/aromatic N) is 4. The lowest BCUT2D eigenvalue weighted by molar-refractivity contribution is -0.117. The molecule has 0 atom stereocenters. The Morgan fingerprint density at radius 3 is 2.62 bits per heavy atom. The maximum absolute atomic E-state index is 12.2. The monoisotopic (exact) mass is 370 g/mol. The molecule has 0 fully saturated rings. The lowest BCUT2D eigenvalue weighted by Gasteiger charge is -2.08. The summed E-state index contributed by atoms with van der Waals surface area (Å²) >= 11 is 5.94. The number of carbonyl (C=O) groups is 2. The van der Waals surface area contributed by atoms with Crippen molar-refractivity contribution in [1.29, 1.82) is 0 Å². The van der Waals surface area contributed by atoms with Gasteiger partial charge in [-0.15, -0.1) is 10.2 Å². The molecule has 8 nitrogen and oxygen atoms in total. The average Bonchev–Trinajstić information content (AvgIpc) is 3.06. The number of halogens is 1. The van der Waals surface area contributed by atoms with Gasteiger partial charge in [0, 0.05) is 21.8 Å². The zero-order valence-electron chi connectivity index (χ0n) is 13.8. The third-order valence-corrected chi connectivity index (χ3v) is 3.87. The maximum atomic E-state index is 12.2. The van der Waals surface area contributed by atoms with Crippen LogP contribution in [-0.4, -0.2) is 32.0 Å². The molecular weight excluding hydrogens is 356 g/mol. The van der Waals surface area contributed by atoms with E-state index in [1.807, 2.05) is 13.0 Å². The standard InChI is InChI=1S/C17H15ClN6O2/c1-10-2-7-13(18)8-14(10)20-15(25)9-24-22-17(21-23-24)12-5-3-11(4-6-12)16(19)26/h2-8H,9H2,1H3,(H2,19,26)(H,20,25). The summed E-state index contributed by atoms with van der Waals surface area (Å²) < 4.78 is 0. The molecule has 0 aliphatic carbocycles. The number of anilines is 1. The van der Waals surface area contributed by atoms with Crippen LogP contribution in [0.15, 0.2) is 42.5 Å². The molecule has 3 N–H and O–H groups in total. The molecule has 0 spiro atoms. The van der Waals surface area contributed by atoms with E-state index < -0.39 is 5.91 Å². The van der Waals surface area contributed by atoms with E-state index >= 15 is 0 Å². The molecule has 3 rings (SSSR count). The van der Waals surface area contributed by atoms with Crippen LogP contribution in [-0.2, 0) is 11.3 Å². The molecule has 0 radical (unpaired) electrons. The van der Waals surface area contributed by atoms with Crippen molar-refractivity contribution in [3.05, 3.63) is 58.6 Å². The second kappa shape index (κ2) is 7.32. The minimum Gasteiger partial charge on any atom is -0.366 e. The van der Waals surface area contributed by atoms with Gasteiger partial charge in [0.25, 0.3) is 0 Å². The Morgan fingerprint density at radius 2 is 1.92 bits per heavy atom. The Morgan fingerprint density at radius 1 is 1.19 bits per heavy atom. The van der Waals surface area contributed by atoms with E-state index in [1.165, 1.54) is 4.80 Å². The summed E-state index contributed by atoms with van der Waals surface area (Å²) in [6, 6.07) is 11.7. The van der Waals surface area contributed by atoms with Crippen LogP contribution in [0.25, 0.3) is 11.4 Å². The first-order chi connectivity index (χ1) is 12.4.